The highest BCUT2D eigenvalue weighted by molar-refractivity contribution is 5.43. The zero-order chi connectivity index (χ0) is 18.6. The summed E-state index contributed by atoms with van der Waals surface area (Å²) >= 11 is 0. The van der Waals surface area contributed by atoms with Gasteiger partial charge in [0.2, 0.25) is 0 Å². The van der Waals surface area contributed by atoms with Crippen LogP contribution >= 0.6 is 0 Å². The number of allylic oxidation sites excluding steroid dienone is 8. The Morgan fingerprint density at radius 2 is 1.42 bits per heavy atom. The minimum atomic E-state index is 0.206. The summed E-state index contributed by atoms with van der Waals surface area (Å²) in [6.45, 7) is 6.67. The summed E-state index contributed by atoms with van der Waals surface area (Å²) in [5, 5.41) is 10.6. The molecule has 1 heteroatoms. The summed E-state index contributed by atoms with van der Waals surface area (Å²) in [4.78, 5) is 0. The molecule has 2 atom stereocenters. The van der Waals surface area contributed by atoms with Crippen LogP contribution in [0.5, 0.6) is 5.75 Å². The second-order valence-electron chi connectivity index (χ2n) is 8.71. The summed E-state index contributed by atoms with van der Waals surface area (Å²) in [5.41, 5.74) is 3.92. The van der Waals surface area contributed by atoms with E-state index in [9.17, 15) is 5.11 Å². The fourth-order valence-electron chi connectivity index (χ4n) is 4.03. The number of aromatic hydroxyl groups is 1. The molecule has 0 radical (unpaired) electrons. The first-order valence-corrected chi connectivity index (χ1v) is 9.89. The number of rotatable bonds is 6. The van der Waals surface area contributed by atoms with Gasteiger partial charge < -0.3 is 5.11 Å². The Morgan fingerprint density at radius 1 is 0.846 bits per heavy atom. The van der Waals surface area contributed by atoms with E-state index in [2.05, 4.69) is 74.6 Å². The second kappa shape index (κ2) is 7.70. The molecule has 2 aliphatic carbocycles. The molecule has 0 saturated carbocycles. The molecule has 1 aromatic carbocycles. The Hall–Kier alpha value is -2.02. The van der Waals surface area contributed by atoms with Gasteiger partial charge in [0.15, 0.2) is 0 Å². The molecule has 0 heterocycles. The number of benzene rings is 1. The molecule has 1 aromatic rings. The lowest BCUT2D eigenvalue weighted by Gasteiger charge is -2.27. The van der Waals surface area contributed by atoms with E-state index in [4.69, 9.17) is 0 Å². The first kappa shape index (κ1) is 18.8. The van der Waals surface area contributed by atoms with Crippen LogP contribution in [0.25, 0.3) is 0 Å². The van der Waals surface area contributed by atoms with Crippen molar-refractivity contribution in [3.8, 4) is 5.75 Å². The number of hydrogen-bond donors (Lipinski definition) is 1. The monoisotopic (exact) mass is 348 g/mol. The molecule has 1 nitrogen and oxygen atoms in total. The molecule has 0 spiro atoms. The molecule has 0 amide bonds. The van der Waals surface area contributed by atoms with E-state index in [1.807, 2.05) is 6.92 Å². The van der Waals surface area contributed by atoms with E-state index < -0.39 is 0 Å². The first-order valence-electron chi connectivity index (χ1n) is 9.89. The maximum Gasteiger partial charge on any atom is 0.121 e. The van der Waals surface area contributed by atoms with E-state index in [1.165, 1.54) is 5.56 Å². The van der Waals surface area contributed by atoms with Crippen molar-refractivity contribution in [3.63, 3.8) is 0 Å². The summed E-state index contributed by atoms with van der Waals surface area (Å²) in [6, 6.07) is 4.40. The van der Waals surface area contributed by atoms with Crippen LogP contribution in [-0.2, 0) is 12.8 Å². The summed E-state index contributed by atoms with van der Waals surface area (Å²) in [5.74, 6) is 0.486. The van der Waals surface area contributed by atoms with Gasteiger partial charge in [-0.1, -0.05) is 74.6 Å². The van der Waals surface area contributed by atoms with E-state index in [-0.39, 0.29) is 10.8 Å². The first-order chi connectivity index (χ1) is 12.4. The Kier molecular flexibility index (Phi) is 5.55. The molecule has 0 saturated heterocycles. The average molecular weight is 349 g/mol. The molecule has 2 aliphatic rings. The molecule has 0 fully saturated rings. The van der Waals surface area contributed by atoms with E-state index >= 15 is 0 Å². The average Bonchev–Trinajstić information content (AvgIpc) is 2.63. The van der Waals surface area contributed by atoms with Gasteiger partial charge in [-0.25, -0.2) is 0 Å². The van der Waals surface area contributed by atoms with Crippen molar-refractivity contribution in [2.45, 2.75) is 59.3 Å². The van der Waals surface area contributed by atoms with Crippen molar-refractivity contribution >= 4 is 0 Å². The van der Waals surface area contributed by atoms with Crippen molar-refractivity contribution in [1.82, 2.24) is 0 Å². The standard InChI is InChI=1S/C25H32O/c1-20-18-21(10-16-24(2)12-6-4-7-13-24)19-22(23(20)26)11-17-25(3)14-8-5-9-15-25/h4-9,12,14,18-19,26H,10-11,13,15-17H2,1-3H3. The van der Waals surface area contributed by atoms with Gasteiger partial charge in [-0.2, -0.15) is 0 Å². The van der Waals surface area contributed by atoms with Gasteiger partial charge in [0.05, 0.1) is 0 Å². The lowest BCUT2D eigenvalue weighted by molar-refractivity contribution is 0.386. The van der Waals surface area contributed by atoms with Crippen LogP contribution in [0.3, 0.4) is 0 Å². The van der Waals surface area contributed by atoms with Gasteiger partial charge in [-0.15, -0.1) is 0 Å². The van der Waals surface area contributed by atoms with Crippen LogP contribution in [0.15, 0.2) is 60.7 Å². The maximum absolute atomic E-state index is 10.6. The van der Waals surface area contributed by atoms with E-state index in [0.29, 0.717) is 5.75 Å². The minimum absolute atomic E-state index is 0.206. The Morgan fingerprint density at radius 3 is 1.96 bits per heavy atom. The van der Waals surface area contributed by atoms with E-state index in [1.54, 1.807) is 0 Å². The highest BCUT2D eigenvalue weighted by Gasteiger charge is 2.23. The molecule has 26 heavy (non-hydrogen) atoms. The lowest BCUT2D eigenvalue weighted by Crippen LogP contribution is -2.15. The van der Waals surface area contributed by atoms with Crippen molar-refractivity contribution in [2.75, 3.05) is 0 Å². The SMILES string of the molecule is Cc1cc(CCC2(C)C=CC=CC2)cc(CCC2(C)C=CC=CC2)c1O. The quantitative estimate of drug-likeness (QED) is 0.613. The van der Waals surface area contributed by atoms with Crippen LogP contribution in [0.2, 0.25) is 0 Å². The van der Waals surface area contributed by atoms with Crippen molar-refractivity contribution < 1.29 is 5.11 Å². The molecular weight excluding hydrogens is 316 g/mol. The van der Waals surface area contributed by atoms with Crippen molar-refractivity contribution in [2.24, 2.45) is 10.8 Å². The van der Waals surface area contributed by atoms with Gasteiger partial charge in [0.1, 0.15) is 5.75 Å². The summed E-state index contributed by atoms with van der Waals surface area (Å²) in [6.07, 6.45) is 24.1. The molecule has 0 aromatic heterocycles. The van der Waals surface area contributed by atoms with Crippen LogP contribution in [0, 0.1) is 17.8 Å². The fraction of sp³-hybridized carbons (Fsp3) is 0.440. The third-order valence-electron chi connectivity index (χ3n) is 6.05. The van der Waals surface area contributed by atoms with Crippen LogP contribution < -0.4 is 0 Å². The van der Waals surface area contributed by atoms with Gasteiger partial charge in [-0.3, -0.25) is 0 Å². The smallest absolute Gasteiger partial charge is 0.121 e. The normalized spacial score (nSPS) is 27.2. The third-order valence-corrected chi connectivity index (χ3v) is 6.05. The van der Waals surface area contributed by atoms with Gasteiger partial charge in [-0.05, 0) is 73.0 Å². The maximum atomic E-state index is 10.6. The zero-order valence-electron chi connectivity index (χ0n) is 16.5. The zero-order valence-corrected chi connectivity index (χ0v) is 16.5. The van der Waals surface area contributed by atoms with Gasteiger partial charge in [0, 0.05) is 0 Å². The topological polar surface area (TPSA) is 20.2 Å². The number of phenols is 1. The lowest BCUT2D eigenvalue weighted by atomic mass is 9.77. The summed E-state index contributed by atoms with van der Waals surface area (Å²) < 4.78 is 0. The Labute approximate surface area is 158 Å². The van der Waals surface area contributed by atoms with Gasteiger partial charge >= 0.3 is 0 Å². The highest BCUT2D eigenvalue weighted by atomic mass is 16.3. The van der Waals surface area contributed by atoms with Crippen LogP contribution in [0.1, 0.15) is 56.2 Å². The van der Waals surface area contributed by atoms with Crippen LogP contribution in [0.4, 0.5) is 0 Å². The third kappa shape index (κ3) is 4.58. The van der Waals surface area contributed by atoms with Gasteiger partial charge in [0.25, 0.3) is 0 Å². The Bertz CT molecular complexity index is 765. The van der Waals surface area contributed by atoms with Crippen molar-refractivity contribution in [3.05, 3.63) is 77.4 Å². The van der Waals surface area contributed by atoms with E-state index in [0.717, 1.165) is 49.7 Å². The molecule has 1 N–H and O–H groups in total. The van der Waals surface area contributed by atoms with Crippen molar-refractivity contribution in [1.29, 1.82) is 0 Å². The number of hydrogen-bond acceptors (Lipinski definition) is 1. The molecule has 3 rings (SSSR count). The van der Waals surface area contributed by atoms with Crippen LogP contribution in [-0.4, -0.2) is 5.11 Å². The molecule has 0 bridgehead atoms. The summed E-state index contributed by atoms with van der Waals surface area (Å²) in [7, 11) is 0. The predicted molar refractivity (Wildman–Crippen MR) is 111 cm³/mol. The highest BCUT2D eigenvalue weighted by Crippen LogP contribution is 2.36. The molecule has 2 unspecified atom stereocenters. The second-order valence-corrected chi connectivity index (χ2v) is 8.71. The number of aryl methyl sites for hydroxylation is 3. The molecule has 0 aliphatic heterocycles. The Balaban J connectivity index is 1.68. The number of phenolic OH excluding ortho intramolecular Hbond substituents is 1. The molecular formula is C25H32O. The fourth-order valence-corrected chi connectivity index (χ4v) is 4.03. The molecule has 138 valence electrons. The minimum Gasteiger partial charge on any atom is -0.507 e. The predicted octanol–water partition coefficient (Wildman–Crippen LogP) is 6.61. The largest absolute Gasteiger partial charge is 0.507 e.